The highest BCUT2D eigenvalue weighted by Gasteiger charge is 2.40. The molecular weight excluding hydrogens is 352 g/mol. The van der Waals surface area contributed by atoms with Crippen molar-refractivity contribution in [1.82, 2.24) is 14.7 Å². The number of nitrogens with two attached hydrogens (primary N) is 1. The topological polar surface area (TPSA) is 107 Å². The second-order valence-corrected chi connectivity index (χ2v) is 9.56. The highest BCUT2D eigenvalue weighted by atomic mass is 32.2. The largest absolute Gasteiger partial charge is 0.347 e. The zero-order chi connectivity index (χ0) is 18.5. The SMILES string of the molecule is CS(=O)(=O)c1nc(C(=O)NC2C3CCCC2CC(N)C3)c2ccccn12. The first-order chi connectivity index (χ1) is 12.3. The molecule has 0 radical (unpaired) electrons. The third-order valence-corrected chi connectivity index (χ3v) is 6.69. The number of fused-ring (bicyclic) bond motifs is 3. The minimum absolute atomic E-state index is 0.0956. The summed E-state index contributed by atoms with van der Waals surface area (Å²) < 4.78 is 25.5. The number of carbonyl (C=O) groups is 1. The standard InChI is InChI=1S/C18H24N4O3S/c1-26(24,25)18-21-16(14-7-2-3-8-22(14)18)17(23)20-15-11-5-4-6-12(15)10-13(19)9-11/h2-3,7-8,11-13,15H,4-6,9-10,19H2,1H3,(H,20,23). The molecule has 2 aromatic rings. The fourth-order valence-electron chi connectivity index (χ4n) is 4.68. The second-order valence-electron chi connectivity index (χ2n) is 7.65. The van der Waals surface area contributed by atoms with Gasteiger partial charge in [0.25, 0.3) is 5.91 Å². The van der Waals surface area contributed by atoms with Crippen molar-refractivity contribution in [3.63, 3.8) is 0 Å². The molecule has 4 rings (SSSR count). The lowest BCUT2D eigenvalue weighted by Gasteiger charge is -2.45. The van der Waals surface area contributed by atoms with E-state index in [2.05, 4.69) is 10.3 Å². The van der Waals surface area contributed by atoms with Crippen LogP contribution in [0.4, 0.5) is 0 Å². The first-order valence-corrected chi connectivity index (χ1v) is 11.0. The predicted octanol–water partition coefficient (Wildman–Crippen LogP) is 1.37. The lowest BCUT2D eigenvalue weighted by atomic mass is 9.67. The number of aromatic nitrogens is 2. The molecule has 2 fully saturated rings. The van der Waals surface area contributed by atoms with E-state index in [1.165, 1.54) is 10.8 Å². The molecule has 2 unspecified atom stereocenters. The summed E-state index contributed by atoms with van der Waals surface area (Å²) in [7, 11) is -3.54. The van der Waals surface area contributed by atoms with Crippen LogP contribution >= 0.6 is 0 Å². The Balaban J connectivity index is 1.67. The van der Waals surface area contributed by atoms with E-state index in [-0.39, 0.29) is 28.8 Å². The van der Waals surface area contributed by atoms with Crippen molar-refractivity contribution < 1.29 is 13.2 Å². The molecule has 2 saturated carbocycles. The van der Waals surface area contributed by atoms with Crippen LogP contribution in [-0.2, 0) is 9.84 Å². The predicted molar refractivity (Wildman–Crippen MR) is 97.6 cm³/mol. The molecule has 2 bridgehead atoms. The van der Waals surface area contributed by atoms with Crippen LogP contribution in [0, 0.1) is 11.8 Å². The van der Waals surface area contributed by atoms with Crippen LogP contribution in [0.1, 0.15) is 42.6 Å². The maximum absolute atomic E-state index is 13.0. The highest BCUT2D eigenvalue weighted by molar-refractivity contribution is 7.90. The normalized spacial score (nSPS) is 28.8. The average Bonchev–Trinajstić information content (AvgIpc) is 2.95. The molecule has 0 aromatic carbocycles. The van der Waals surface area contributed by atoms with Gasteiger partial charge in [0, 0.05) is 24.5 Å². The molecule has 2 heterocycles. The van der Waals surface area contributed by atoms with E-state index < -0.39 is 9.84 Å². The molecule has 3 N–H and O–H groups in total. The van der Waals surface area contributed by atoms with Crippen molar-refractivity contribution in [3.8, 4) is 0 Å². The lowest BCUT2D eigenvalue weighted by Crippen LogP contribution is -2.53. The number of nitrogens with zero attached hydrogens (tertiary/aromatic N) is 2. The lowest BCUT2D eigenvalue weighted by molar-refractivity contribution is 0.0753. The molecular formula is C18H24N4O3S. The van der Waals surface area contributed by atoms with Crippen molar-refractivity contribution in [1.29, 1.82) is 0 Å². The van der Waals surface area contributed by atoms with Crippen LogP contribution in [0.2, 0.25) is 0 Å². The molecule has 8 heteroatoms. The van der Waals surface area contributed by atoms with Gasteiger partial charge in [-0.05, 0) is 49.7 Å². The summed E-state index contributed by atoms with van der Waals surface area (Å²) in [6.45, 7) is 0. The number of carbonyl (C=O) groups excluding carboxylic acids is 1. The third-order valence-electron chi connectivity index (χ3n) is 5.74. The smallest absolute Gasteiger partial charge is 0.272 e. The highest BCUT2D eigenvalue weighted by Crippen LogP contribution is 2.39. The van der Waals surface area contributed by atoms with Gasteiger partial charge >= 0.3 is 0 Å². The summed E-state index contributed by atoms with van der Waals surface area (Å²) in [5.74, 6) is 0.482. The van der Waals surface area contributed by atoms with E-state index in [0.717, 1.165) is 31.9 Å². The third kappa shape index (κ3) is 3.01. The minimum Gasteiger partial charge on any atom is -0.347 e. The van der Waals surface area contributed by atoms with Crippen LogP contribution in [0.15, 0.2) is 29.6 Å². The molecule has 1 amide bonds. The summed E-state index contributed by atoms with van der Waals surface area (Å²) in [4.78, 5) is 17.1. The van der Waals surface area contributed by atoms with Gasteiger partial charge < -0.3 is 11.1 Å². The summed E-state index contributed by atoms with van der Waals surface area (Å²) in [6.07, 6.45) is 7.91. The quantitative estimate of drug-likeness (QED) is 0.841. The number of pyridine rings is 1. The maximum Gasteiger partial charge on any atom is 0.272 e. The number of nitrogens with one attached hydrogen (secondary N) is 1. The van der Waals surface area contributed by atoms with Crippen molar-refractivity contribution in [2.24, 2.45) is 17.6 Å². The molecule has 2 atom stereocenters. The Bertz CT molecular complexity index is 938. The first kappa shape index (κ1) is 17.5. The van der Waals surface area contributed by atoms with Gasteiger partial charge in [0.1, 0.15) is 0 Å². The Labute approximate surface area is 152 Å². The molecule has 2 aliphatic rings. The van der Waals surface area contributed by atoms with Gasteiger partial charge in [-0.2, -0.15) is 0 Å². The Hall–Kier alpha value is -1.93. The van der Waals surface area contributed by atoms with Gasteiger partial charge in [0.05, 0.1) is 5.52 Å². The van der Waals surface area contributed by atoms with Crippen molar-refractivity contribution in [2.75, 3.05) is 6.26 Å². The Morgan fingerprint density at radius 1 is 1.27 bits per heavy atom. The summed E-state index contributed by atoms with van der Waals surface area (Å²) >= 11 is 0. The molecule has 0 spiro atoms. The Morgan fingerprint density at radius 3 is 2.62 bits per heavy atom. The van der Waals surface area contributed by atoms with E-state index in [1.807, 2.05) is 0 Å². The van der Waals surface area contributed by atoms with Crippen molar-refractivity contribution >= 4 is 21.3 Å². The van der Waals surface area contributed by atoms with Gasteiger partial charge in [0.2, 0.25) is 15.0 Å². The van der Waals surface area contributed by atoms with Crippen molar-refractivity contribution in [3.05, 3.63) is 30.1 Å². The molecule has 7 nitrogen and oxygen atoms in total. The van der Waals surface area contributed by atoms with Crippen molar-refractivity contribution in [2.45, 2.75) is 49.3 Å². The summed E-state index contributed by atoms with van der Waals surface area (Å²) in [5.41, 5.74) is 6.83. The van der Waals surface area contributed by atoms with Gasteiger partial charge in [-0.1, -0.05) is 12.5 Å². The number of sulfone groups is 1. The summed E-state index contributed by atoms with van der Waals surface area (Å²) in [5, 5.41) is 3.04. The fraction of sp³-hybridized carbons (Fsp3) is 0.556. The van der Waals surface area contributed by atoms with E-state index in [1.54, 1.807) is 24.4 Å². The number of rotatable bonds is 3. The van der Waals surface area contributed by atoms with E-state index in [0.29, 0.717) is 17.4 Å². The Morgan fingerprint density at radius 2 is 1.96 bits per heavy atom. The number of amides is 1. The zero-order valence-corrected chi connectivity index (χ0v) is 15.6. The fourth-order valence-corrected chi connectivity index (χ4v) is 5.46. The van der Waals surface area contributed by atoms with Crippen LogP contribution in [0.25, 0.3) is 5.52 Å². The molecule has 26 heavy (non-hydrogen) atoms. The molecule has 0 saturated heterocycles. The average molecular weight is 376 g/mol. The van der Waals surface area contributed by atoms with Gasteiger partial charge in [-0.25, -0.2) is 13.4 Å². The van der Waals surface area contributed by atoms with E-state index >= 15 is 0 Å². The molecule has 140 valence electrons. The van der Waals surface area contributed by atoms with Crippen LogP contribution < -0.4 is 11.1 Å². The number of imidazole rings is 1. The van der Waals surface area contributed by atoms with E-state index in [4.69, 9.17) is 5.73 Å². The Kier molecular flexibility index (Phi) is 4.27. The summed E-state index contributed by atoms with van der Waals surface area (Å²) in [6, 6.07) is 5.52. The number of hydrogen-bond donors (Lipinski definition) is 2. The molecule has 2 aromatic heterocycles. The minimum atomic E-state index is -3.54. The van der Waals surface area contributed by atoms with Crippen LogP contribution in [0.5, 0.6) is 0 Å². The van der Waals surface area contributed by atoms with Gasteiger partial charge in [-0.15, -0.1) is 0 Å². The molecule has 0 aliphatic heterocycles. The first-order valence-electron chi connectivity index (χ1n) is 9.08. The molecule has 2 aliphatic carbocycles. The van der Waals surface area contributed by atoms with E-state index in [9.17, 15) is 13.2 Å². The second kappa shape index (κ2) is 6.35. The monoisotopic (exact) mass is 376 g/mol. The van der Waals surface area contributed by atoms with Gasteiger partial charge in [-0.3, -0.25) is 9.20 Å². The van der Waals surface area contributed by atoms with Gasteiger partial charge in [0.15, 0.2) is 5.69 Å². The van der Waals surface area contributed by atoms with Crippen LogP contribution in [0.3, 0.4) is 0 Å². The number of hydrogen-bond acceptors (Lipinski definition) is 5. The maximum atomic E-state index is 13.0. The zero-order valence-electron chi connectivity index (χ0n) is 14.8. The van der Waals surface area contributed by atoms with Crippen LogP contribution in [-0.4, -0.2) is 42.0 Å².